The van der Waals surface area contributed by atoms with Gasteiger partial charge in [0.2, 0.25) is 0 Å². The molecule has 2 aliphatic rings. The summed E-state index contributed by atoms with van der Waals surface area (Å²) in [7, 11) is 0. The van der Waals surface area contributed by atoms with Gasteiger partial charge in [0.05, 0.1) is 21.9 Å². The minimum Gasteiger partial charge on any atom is -0.292 e. The lowest BCUT2D eigenvalue weighted by Crippen LogP contribution is -2.52. The van der Waals surface area contributed by atoms with Crippen LogP contribution in [0.3, 0.4) is 0 Å². The number of ketones is 1. The molecule has 1 heterocycles. The van der Waals surface area contributed by atoms with Gasteiger partial charge in [-0.05, 0) is 55.5 Å². The summed E-state index contributed by atoms with van der Waals surface area (Å²) >= 11 is 15.4. The Morgan fingerprint density at radius 1 is 0.970 bits per heavy atom. The average Bonchev–Trinajstić information content (AvgIpc) is 3.03. The highest BCUT2D eigenvalue weighted by Crippen LogP contribution is 2.41. The molecule has 2 aromatic rings. The number of nitrogens with zero attached hydrogens (tertiary/aromatic N) is 2. The fraction of sp³-hybridized carbons (Fsp3) is 0.333. The number of hydrogen-bond donors (Lipinski definition) is 0. The number of rotatable bonds is 5. The van der Waals surface area contributed by atoms with Crippen LogP contribution in [0.2, 0.25) is 10.0 Å². The molecule has 2 fully saturated rings. The molecule has 4 rings (SSSR count). The minimum atomic E-state index is -0.674. The van der Waals surface area contributed by atoms with Gasteiger partial charge in [-0.1, -0.05) is 58.2 Å². The maximum Gasteiger partial charge on any atom is 0.273 e. The van der Waals surface area contributed by atoms with Crippen LogP contribution < -0.4 is 0 Å². The van der Waals surface area contributed by atoms with Crippen molar-refractivity contribution in [1.29, 1.82) is 0 Å². The molecule has 172 valence electrons. The van der Waals surface area contributed by atoms with E-state index in [1.165, 1.54) is 18.2 Å². The SMILES string of the molecule is C[C@@H]1CC[C@H]2C(=O)N(N(CC(=O)c3ccc(Br)cc3)C(=O)c3ccc(Cl)c(Cl)c3)C(=O)[C@H]2C1. The molecular weight excluding hydrogens is 531 g/mol. The zero-order chi connectivity index (χ0) is 23.9. The molecule has 0 radical (unpaired) electrons. The van der Waals surface area contributed by atoms with Gasteiger partial charge in [-0.3, -0.25) is 19.2 Å². The van der Waals surface area contributed by atoms with E-state index in [4.69, 9.17) is 23.2 Å². The van der Waals surface area contributed by atoms with Crippen molar-refractivity contribution in [3.8, 4) is 0 Å². The number of hydrogen-bond acceptors (Lipinski definition) is 4. The maximum atomic E-state index is 13.5. The van der Waals surface area contributed by atoms with Gasteiger partial charge >= 0.3 is 0 Å². The van der Waals surface area contributed by atoms with E-state index in [1.54, 1.807) is 24.3 Å². The van der Waals surface area contributed by atoms with Crippen molar-refractivity contribution in [3.05, 3.63) is 68.1 Å². The number of halogens is 3. The predicted molar refractivity (Wildman–Crippen MR) is 128 cm³/mol. The van der Waals surface area contributed by atoms with Gasteiger partial charge in [0, 0.05) is 15.6 Å². The van der Waals surface area contributed by atoms with Gasteiger partial charge in [0.25, 0.3) is 17.7 Å². The molecule has 6 nitrogen and oxygen atoms in total. The van der Waals surface area contributed by atoms with E-state index in [1.807, 2.05) is 6.92 Å². The van der Waals surface area contributed by atoms with E-state index in [2.05, 4.69) is 15.9 Å². The summed E-state index contributed by atoms with van der Waals surface area (Å²) < 4.78 is 0.797. The first kappa shape index (κ1) is 23.9. The second-order valence-corrected chi connectivity index (χ2v) is 10.3. The summed E-state index contributed by atoms with van der Waals surface area (Å²) in [4.78, 5) is 53.1. The predicted octanol–water partition coefficient (Wildman–Crippen LogP) is 5.42. The van der Waals surface area contributed by atoms with E-state index in [0.29, 0.717) is 24.3 Å². The largest absolute Gasteiger partial charge is 0.292 e. The highest BCUT2D eigenvalue weighted by molar-refractivity contribution is 9.10. The van der Waals surface area contributed by atoms with Crippen molar-refractivity contribution in [1.82, 2.24) is 10.0 Å². The summed E-state index contributed by atoms with van der Waals surface area (Å²) in [6.07, 6.45) is 2.01. The Morgan fingerprint density at radius 3 is 2.27 bits per heavy atom. The summed E-state index contributed by atoms with van der Waals surface area (Å²) in [5, 5.41) is 2.26. The van der Waals surface area contributed by atoms with Gasteiger partial charge in [0.15, 0.2) is 5.78 Å². The monoisotopic (exact) mass is 550 g/mol. The van der Waals surface area contributed by atoms with Gasteiger partial charge < -0.3 is 0 Å². The zero-order valence-corrected chi connectivity index (χ0v) is 20.9. The first-order valence-corrected chi connectivity index (χ1v) is 12.2. The lowest BCUT2D eigenvalue weighted by molar-refractivity contribution is -0.154. The van der Waals surface area contributed by atoms with Crippen LogP contribution in [0.5, 0.6) is 0 Å². The van der Waals surface area contributed by atoms with Gasteiger partial charge in [0.1, 0.15) is 6.54 Å². The van der Waals surface area contributed by atoms with Crippen molar-refractivity contribution < 1.29 is 19.2 Å². The summed E-state index contributed by atoms with van der Waals surface area (Å²) in [6.45, 7) is 1.58. The van der Waals surface area contributed by atoms with Crippen molar-refractivity contribution in [3.63, 3.8) is 0 Å². The van der Waals surface area contributed by atoms with Crippen LogP contribution in [-0.2, 0) is 9.59 Å². The third-order valence-corrected chi connectivity index (χ3v) is 7.53. The Hall–Kier alpha value is -2.22. The number of carbonyl (C=O) groups excluding carboxylic acids is 4. The second-order valence-electron chi connectivity index (χ2n) is 8.54. The van der Waals surface area contributed by atoms with E-state index in [-0.39, 0.29) is 15.6 Å². The summed E-state index contributed by atoms with van der Waals surface area (Å²) in [5.74, 6) is -2.59. The maximum absolute atomic E-state index is 13.5. The molecule has 0 unspecified atom stereocenters. The Balaban J connectivity index is 1.70. The van der Waals surface area contributed by atoms with E-state index in [0.717, 1.165) is 20.9 Å². The molecule has 1 saturated heterocycles. The van der Waals surface area contributed by atoms with Gasteiger partial charge in [-0.25, -0.2) is 5.01 Å². The van der Waals surface area contributed by atoms with Crippen LogP contribution in [0.25, 0.3) is 0 Å². The molecule has 3 amide bonds. The third kappa shape index (κ3) is 4.72. The Labute approximate surface area is 209 Å². The lowest BCUT2D eigenvalue weighted by atomic mass is 9.76. The number of hydrazine groups is 1. The lowest BCUT2D eigenvalue weighted by Gasteiger charge is -2.30. The van der Waals surface area contributed by atoms with Gasteiger partial charge in [-0.15, -0.1) is 0 Å². The van der Waals surface area contributed by atoms with E-state index >= 15 is 0 Å². The number of carbonyl (C=O) groups is 4. The quantitative estimate of drug-likeness (QED) is 0.367. The average molecular weight is 552 g/mol. The van der Waals surface area contributed by atoms with E-state index < -0.39 is 41.9 Å². The Bertz CT molecular complexity index is 1140. The molecular formula is C24H21BrCl2N2O4. The molecule has 3 atom stereocenters. The van der Waals surface area contributed by atoms with Crippen LogP contribution in [-0.4, -0.2) is 40.1 Å². The molecule has 0 aromatic heterocycles. The number of amides is 3. The smallest absolute Gasteiger partial charge is 0.273 e. The number of imide groups is 1. The topological polar surface area (TPSA) is 74.8 Å². The van der Waals surface area contributed by atoms with Crippen LogP contribution in [0, 0.1) is 17.8 Å². The fourth-order valence-electron chi connectivity index (χ4n) is 4.48. The van der Waals surface area contributed by atoms with Crippen molar-refractivity contribution >= 4 is 62.6 Å². The molecule has 9 heteroatoms. The van der Waals surface area contributed by atoms with E-state index in [9.17, 15) is 19.2 Å². The second kappa shape index (κ2) is 9.57. The highest BCUT2D eigenvalue weighted by Gasteiger charge is 2.52. The van der Waals surface area contributed by atoms with Crippen LogP contribution in [0.4, 0.5) is 0 Å². The molecule has 0 N–H and O–H groups in total. The number of benzene rings is 2. The molecule has 1 aliphatic heterocycles. The molecule has 33 heavy (non-hydrogen) atoms. The van der Waals surface area contributed by atoms with Crippen molar-refractivity contribution in [2.45, 2.75) is 26.2 Å². The van der Waals surface area contributed by atoms with Crippen molar-refractivity contribution in [2.24, 2.45) is 17.8 Å². The van der Waals surface area contributed by atoms with Crippen molar-refractivity contribution in [2.75, 3.05) is 6.54 Å². The highest BCUT2D eigenvalue weighted by atomic mass is 79.9. The zero-order valence-electron chi connectivity index (χ0n) is 17.8. The number of fused-ring (bicyclic) bond motifs is 1. The first-order valence-electron chi connectivity index (χ1n) is 10.6. The molecule has 1 saturated carbocycles. The first-order chi connectivity index (χ1) is 15.7. The molecule has 1 aliphatic carbocycles. The molecule has 2 aromatic carbocycles. The molecule has 0 spiro atoms. The fourth-order valence-corrected chi connectivity index (χ4v) is 5.05. The Kier molecular flexibility index (Phi) is 6.93. The minimum absolute atomic E-state index is 0.122. The van der Waals surface area contributed by atoms with Gasteiger partial charge in [-0.2, -0.15) is 5.01 Å². The molecule has 0 bridgehead atoms. The van der Waals surface area contributed by atoms with Crippen LogP contribution in [0.1, 0.15) is 46.9 Å². The van der Waals surface area contributed by atoms with Crippen LogP contribution >= 0.6 is 39.1 Å². The third-order valence-electron chi connectivity index (χ3n) is 6.27. The summed E-state index contributed by atoms with van der Waals surface area (Å²) in [6, 6.07) is 10.9. The number of Topliss-reactive ketones (excluding diaryl/α,β-unsaturated/α-hetero) is 1. The standard InChI is InChI=1S/C24H21BrCl2N2O4/c1-13-2-8-17-18(10-13)24(33)29(23(17)32)28(12-21(30)14-3-6-16(25)7-4-14)22(31)15-5-9-19(26)20(27)11-15/h3-7,9,11,13,17-18H,2,8,10,12H2,1H3/t13-,17-,18+/m1/s1. The summed E-state index contributed by atoms with van der Waals surface area (Å²) in [5.41, 5.74) is 0.479. The Morgan fingerprint density at radius 2 is 1.61 bits per heavy atom. The van der Waals surface area contributed by atoms with Crippen LogP contribution in [0.15, 0.2) is 46.9 Å². The normalized spacial score (nSPS) is 22.3.